The van der Waals surface area contributed by atoms with Crippen molar-refractivity contribution in [1.29, 1.82) is 0 Å². The highest BCUT2D eigenvalue weighted by Gasteiger charge is 2.27. The van der Waals surface area contributed by atoms with Crippen molar-refractivity contribution in [2.45, 2.75) is 11.8 Å². The first-order valence-corrected chi connectivity index (χ1v) is 8.72. The normalized spacial score (nSPS) is 11.3. The number of hydrogen-bond donors (Lipinski definition) is 0. The van der Waals surface area contributed by atoms with E-state index in [-0.39, 0.29) is 4.90 Å². The Balaban J connectivity index is 2.34. The van der Waals surface area contributed by atoms with E-state index >= 15 is 0 Å². The van der Waals surface area contributed by atoms with Gasteiger partial charge >= 0.3 is 0 Å². The average molecular weight is 374 g/mol. The van der Waals surface area contributed by atoms with Gasteiger partial charge in [0.25, 0.3) is 15.9 Å². The van der Waals surface area contributed by atoms with Crippen molar-refractivity contribution in [2.24, 2.45) is 0 Å². The zero-order chi connectivity index (χ0) is 14.9. The van der Waals surface area contributed by atoms with Gasteiger partial charge in [-0.1, -0.05) is 17.7 Å². The van der Waals surface area contributed by atoms with Crippen LogP contribution in [0.4, 0.5) is 0 Å². The van der Waals surface area contributed by atoms with E-state index in [1.165, 1.54) is 30.5 Å². The summed E-state index contributed by atoms with van der Waals surface area (Å²) in [6, 6.07) is 9.71. The summed E-state index contributed by atoms with van der Waals surface area (Å²) in [5.74, 6) is -0.540. The van der Waals surface area contributed by atoms with Gasteiger partial charge in [0.2, 0.25) is 0 Å². The number of benzene rings is 1. The fraction of sp³-hybridized carbons (Fsp3) is 0.154. The first-order valence-electron chi connectivity index (χ1n) is 5.67. The summed E-state index contributed by atoms with van der Waals surface area (Å²) in [5, 5.41) is 0. The molecule has 0 aliphatic rings. The molecule has 2 aromatic rings. The van der Waals surface area contributed by atoms with Crippen LogP contribution in [0, 0.1) is 6.92 Å². The molecule has 0 saturated heterocycles. The molecule has 0 N–H and O–H groups in total. The molecule has 0 atom stereocenters. The van der Waals surface area contributed by atoms with Crippen molar-refractivity contribution in [3.05, 3.63) is 50.6 Å². The number of carbonyl (C=O) groups excluding carboxylic acids is 1. The maximum absolute atomic E-state index is 12.4. The van der Waals surface area contributed by atoms with Gasteiger partial charge in [0.1, 0.15) is 0 Å². The number of aryl methyl sites for hydroxylation is 1. The Hall–Kier alpha value is -1.18. The Morgan fingerprint density at radius 2 is 1.75 bits per heavy atom. The van der Waals surface area contributed by atoms with Crippen molar-refractivity contribution < 1.29 is 13.2 Å². The molecule has 0 saturated carbocycles. The molecule has 0 spiro atoms. The number of amides is 1. The van der Waals surface area contributed by atoms with Gasteiger partial charge in [0.05, 0.1) is 13.6 Å². The van der Waals surface area contributed by atoms with Gasteiger partial charge < -0.3 is 0 Å². The predicted molar refractivity (Wildman–Crippen MR) is 82.5 cm³/mol. The molecule has 7 heteroatoms. The molecule has 4 nitrogen and oxygen atoms in total. The van der Waals surface area contributed by atoms with Gasteiger partial charge in [-0.15, -0.1) is 11.3 Å². The van der Waals surface area contributed by atoms with Gasteiger partial charge in [0, 0.05) is 7.05 Å². The highest BCUT2D eigenvalue weighted by Crippen LogP contribution is 2.25. The Labute approximate surface area is 130 Å². The van der Waals surface area contributed by atoms with Crippen molar-refractivity contribution in [2.75, 3.05) is 7.05 Å². The van der Waals surface area contributed by atoms with E-state index in [2.05, 4.69) is 15.9 Å². The lowest BCUT2D eigenvalue weighted by Crippen LogP contribution is -2.32. The fourth-order valence-corrected chi connectivity index (χ4v) is 4.09. The molecule has 20 heavy (non-hydrogen) atoms. The minimum absolute atomic E-state index is 0.106. The SMILES string of the molecule is Cc1ccc(S(=O)(=O)N(C)C(=O)c2ccc(Br)s2)cc1. The smallest absolute Gasteiger partial charge is 0.267 e. The number of thiophene rings is 1. The molecule has 1 aromatic heterocycles. The van der Waals surface area contributed by atoms with Crippen LogP contribution in [-0.4, -0.2) is 25.7 Å². The predicted octanol–water partition coefficient (Wildman–Crippen LogP) is 3.28. The minimum atomic E-state index is -3.82. The third-order valence-corrected chi connectivity index (χ3v) is 6.12. The van der Waals surface area contributed by atoms with Crippen LogP contribution >= 0.6 is 27.3 Å². The first-order chi connectivity index (χ1) is 9.32. The Bertz CT molecular complexity index is 735. The molecule has 0 aliphatic heterocycles. The second-order valence-corrected chi connectivity index (χ2v) is 8.63. The number of sulfonamides is 1. The molecular formula is C13H12BrNO3S2. The van der Waals surface area contributed by atoms with Crippen LogP contribution in [-0.2, 0) is 10.0 Å². The second kappa shape index (κ2) is 5.67. The molecule has 0 aliphatic carbocycles. The van der Waals surface area contributed by atoms with E-state index in [0.717, 1.165) is 13.7 Å². The summed E-state index contributed by atoms with van der Waals surface area (Å²) >= 11 is 4.45. The highest BCUT2D eigenvalue weighted by molar-refractivity contribution is 9.11. The average Bonchev–Trinajstić information content (AvgIpc) is 2.84. The van der Waals surface area contributed by atoms with Crippen molar-refractivity contribution in [3.8, 4) is 0 Å². The molecule has 106 valence electrons. The zero-order valence-electron chi connectivity index (χ0n) is 10.8. The van der Waals surface area contributed by atoms with Gasteiger partial charge in [-0.25, -0.2) is 12.7 Å². The number of nitrogens with zero attached hydrogens (tertiary/aromatic N) is 1. The molecule has 0 radical (unpaired) electrons. The quantitative estimate of drug-likeness (QED) is 0.829. The van der Waals surface area contributed by atoms with E-state index in [1.807, 2.05) is 6.92 Å². The lowest BCUT2D eigenvalue weighted by molar-refractivity contribution is 0.0887. The lowest BCUT2D eigenvalue weighted by Gasteiger charge is -2.16. The standard InChI is InChI=1S/C13H12BrNO3S2/c1-9-3-5-10(6-4-9)20(17,18)15(2)13(16)11-7-8-12(14)19-11/h3-8H,1-2H3. The van der Waals surface area contributed by atoms with Crippen LogP contribution in [0.3, 0.4) is 0 Å². The van der Waals surface area contributed by atoms with Crippen LogP contribution in [0.2, 0.25) is 0 Å². The Morgan fingerprint density at radius 1 is 1.15 bits per heavy atom. The monoisotopic (exact) mass is 373 g/mol. The second-order valence-electron chi connectivity index (χ2n) is 4.19. The molecular weight excluding hydrogens is 362 g/mol. The third-order valence-electron chi connectivity index (χ3n) is 2.75. The van der Waals surface area contributed by atoms with Crippen LogP contribution in [0.25, 0.3) is 0 Å². The van der Waals surface area contributed by atoms with E-state index in [1.54, 1.807) is 24.3 Å². The van der Waals surface area contributed by atoms with Crippen molar-refractivity contribution in [1.82, 2.24) is 4.31 Å². The lowest BCUT2D eigenvalue weighted by atomic mass is 10.2. The maximum atomic E-state index is 12.4. The van der Waals surface area contributed by atoms with Gasteiger partial charge in [0.15, 0.2) is 0 Å². The van der Waals surface area contributed by atoms with Gasteiger partial charge in [-0.05, 0) is 47.1 Å². The van der Waals surface area contributed by atoms with E-state index < -0.39 is 15.9 Å². The summed E-state index contributed by atoms with van der Waals surface area (Å²) in [6.45, 7) is 1.87. The minimum Gasteiger partial charge on any atom is -0.267 e. The summed E-state index contributed by atoms with van der Waals surface area (Å²) in [6.07, 6.45) is 0. The number of rotatable bonds is 3. The van der Waals surface area contributed by atoms with E-state index in [0.29, 0.717) is 4.88 Å². The van der Waals surface area contributed by atoms with Gasteiger partial charge in [-0.2, -0.15) is 0 Å². The zero-order valence-corrected chi connectivity index (χ0v) is 14.0. The molecule has 0 unspecified atom stereocenters. The summed E-state index contributed by atoms with van der Waals surface area (Å²) < 4.78 is 26.3. The van der Waals surface area contributed by atoms with Crippen molar-refractivity contribution in [3.63, 3.8) is 0 Å². The molecule has 0 bridgehead atoms. The van der Waals surface area contributed by atoms with E-state index in [4.69, 9.17) is 0 Å². The van der Waals surface area contributed by atoms with Crippen LogP contribution in [0.5, 0.6) is 0 Å². The number of halogens is 1. The summed E-state index contributed by atoms with van der Waals surface area (Å²) in [7, 11) is -2.55. The summed E-state index contributed by atoms with van der Waals surface area (Å²) in [4.78, 5) is 12.7. The molecule has 0 fully saturated rings. The van der Waals surface area contributed by atoms with Crippen LogP contribution in [0.1, 0.15) is 15.2 Å². The fourth-order valence-electron chi connectivity index (χ4n) is 1.56. The third kappa shape index (κ3) is 2.94. The summed E-state index contributed by atoms with van der Waals surface area (Å²) in [5.41, 5.74) is 0.958. The van der Waals surface area contributed by atoms with Crippen molar-refractivity contribution >= 4 is 43.2 Å². The van der Waals surface area contributed by atoms with Crippen LogP contribution in [0.15, 0.2) is 45.1 Å². The molecule has 2 rings (SSSR count). The Kier molecular flexibility index (Phi) is 4.31. The number of hydrogen-bond acceptors (Lipinski definition) is 4. The van der Waals surface area contributed by atoms with Crippen LogP contribution < -0.4 is 0 Å². The molecule has 1 amide bonds. The van der Waals surface area contributed by atoms with E-state index in [9.17, 15) is 13.2 Å². The Morgan fingerprint density at radius 3 is 2.25 bits per heavy atom. The molecule has 1 aromatic carbocycles. The maximum Gasteiger partial charge on any atom is 0.277 e. The number of carbonyl (C=O) groups is 1. The first kappa shape index (κ1) is 15.2. The van der Waals surface area contributed by atoms with Gasteiger partial charge in [-0.3, -0.25) is 4.79 Å². The topological polar surface area (TPSA) is 54.5 Å². The highest BCUT2D eigenvalue weighted by atomic mass is 79.9. The largest absolute Gasteiger partial charge is 0.277 e. The molecule has 1 heterocycles.